The Morgan fingerprint density at radius 2 is 2.08 bits per heavy atom. The Hall–Kier alpha value is -1.30. The van der Waals surface area contributed by atoms with Gasteiger partial charge in [-0.1, -0.05) is 0 Å². The molecule has 62 valence electrons. The predicted octanol–water partition coefficient (Wildman–Crippen LogP) is 0.572. The average molecular weight is 231 g/mol. The van der Waals surface area contributed by atoms with Crippen LogP contribution in [0.1, 0.15) is 0 Å². The molecule has 2 N–H and O–H groups in total. The molecule has 0 aliphatic carbocycles. The summed E-state index contributed by atoms with van der Waals surface area (Å²) in [5, 5.41) is 0. The third-order valence-corrected chi connectivity index (χ3v) is 2.00. The molecule has 0 saturated carbocycles. The minimum Gasteiger partial charge on any atom is -0.456 e. The predicted molar refractivity (Wildman–Crippen MR) is 45.2 cm³/mol. The van der Waals surface area contributed by atoms with Gasteiger partial charge >= 0.3 is 5.69 Å². The number of fused-ring (bicyclic) bond motifs is 1. The molecule has 0 aromatic carbocycles. The summed E-state index contributed by atoms with van der Waals surface area (Å²) in [6.45, 7) is 0. The quantitative estimate of drug-likeness (QED) is 0.695. The Labute approximate surface area is 73.5 Å². The molecule has 0 aliphatic heterocycles. The second-order valence-corrected chi connectivity index (χ2v) is 3.05. The van der Waals surface area contributed by atoms with Gasteiger partial charge in [-0.15, -0.1) is 0 Å². The summed E-state index contributed by atoms with van der Waals surface area (Å²) in [5.74, 6) is 0. The van der Waals surface area contributed by atoms with E-state index in [9.17, 15) is 9.59 Å². The number of furan rings is 1. The van der Waals surface area contributed by atoms with Crippen molar-refractivity contribution in [2.24, 2.45) is 0 Å². The van der Waals surface area contributed by atoms with E-state index in [2.05, 4.69) is 20.9 Å². The van der Waals surface area contributed by atoms with Crippen LogP contribution >= 0.6 is 15.9 Å². The Kier molecular flexibility index (Phi) is 1.44. The minimum absolute atomic E-state index is 0.112. The smallest absolute Gasteiger partial charge is 0.326 e. The van der Waals surface area contributed by atoms with Gasteiger partial charge in [-0.3, -0.25) is 9.78 Å². The van der Waals surface area contributed by atoms with Crippen LogP contribution in [0, 0.1) is 0 Å². The van der Waals surface area contributed by atoms with Crippen LogP contribution in [0.15, 0.2) is 24.7 Å². The van der Waals surface area contributed by atoms with Crippen LogP contribution in [0.5, 0.6) is 0 Å². The molecular formula is C6H3BrN2O3. The molecule has 2 aromatic rings. The standard InChI is InChI=1S/C6H3BrN2O3/c7-2-1-12-4-3(2)8-6(11)9-5(4)10/h1H,(H2,8,9,10,11). The van der Waals surface area contributed by atoms with Crippen molar-refractivity contribution in [2.45, 2.75) is 0 Å². The molecule has 0 saturated heterocycles. The Morgan fingerprint density at radius 3 is 2.83 bits per heavy atom. The fourth-order valence-electron chi connectivity index (χ4n) is 0.925. The fraction of sp³-hybridized carbons (Fsp3) is 0. The van der Waals surface area contributed by atoms with E-state index in [4.69, 9.17) is 4.42 Å². The molecule has 0 atom stereocenters. The average Bonchev–Trinajstić information content (AvgIpc) is 2.33. The first-order valence-corrected chi connectivity index (χ1v) is 3.87. The number of aromatic nitrogens is 2. The summed E-state index contributed by atoms with van der Waals surface area (Å²) in [5.41, 5.74) is -0.584. The van der Waals surface area contributed by atoms with Crippen LogP contribution in [0.25, 0.3) is 11.1 Å². The van der Waals surface area contributed by atoms with E-state index in [0.717, 1.165) is 0 Å². The molecule has 12 heavy (non-hydrogen) atoms. The summed E-state index contributed by atoms with van der Waals surface area (Å²) >= 11 is 3.12. The maximum Gasteiger partial charge on any atom is 0.326 e. The zero-order chi connectivity index (χ0) is 8.72. The maximum absolute atomic E-state index is 11.0. The van der Waals surface area contributed by atoms with Crippen molar-refractivity contribution in [3.63, 3.8) is 0 Å². The number of nitrogens with one attached hydrogen (secondary N) is 2. The lowest BCUT2D eigenvalue weighted by Crippen LogP contribution is -2.20. The molecule has 6 heteroatoms. The summed E-state index contributed by atoms with van der Waals surface area (Å²) in [6, 6.07) is 0. The van der Waals surface area contributed by atoms with Crippen molar-refractivity contribution in [3.05, 3.63) is 31.6 Å². The van der Waals surface area contributed by atoms with Crippen LogP contribution in [0.2, 0.25) is 0 Å². The Morgan fingerprint density at radius 1 is 1.33 bits per heavy atom. The van der Waals surface area contributed by atoms with Crippen molar-refractivity contribution < 1.29 is 4.42 Å². The fourth-order valence-corrected chi connectivity index (χ4v) is 1.30. The van der Waals surface area contributed by atoms with Gasteiger partial charge in [0.05, 0.1) is 4.47 Å². The van der Waals surface area contributed by atoms with E-state index >= 15 is 0 Å². The van der Waals surface area contributed by atoms with Crippen molar-refractivity contribution >= 4 is 27.0 Å². The molecule has 0 aliphatic rings. The highest BCUT2D eigenvalue weighted by atomic mass is 79.9. The largest absolute Gasteiger partial charge is 0.456 e. The van der Waals surface area contributed by atoms with Crippen LogP contribution in [-0.2, 0) is 0 Å². The SMILES string of the molecule is O=c1[nH]c(=O)c2occ(Br)c2[nH]1. The van der Waals surface area contributed by atoms with Gasteiger partial charge < -0.3 is 9.40 Å². The van der Waals surface area contributed by atoms with Gasteiger partial charge in [0.25, 0.3) is 5.56 Å². The second-order valence-electron chi connectivity index (χ2n) is 2.20. The highest BCUT2D eigenvalue weighted by Gasteiger charge is 2.07. The van der Waals surface area contributed by atoms with Crippen LogP contribution in [0.3, 0.4) is 0 Å². The molecule has 0 radical (unpaired) electrons. The van der Waals surface area contributed by atoms with E-state index in [0.29, 0.717) is 9.99 Å². The third kappa shape index (κ3) is 0.918. The summed E-state index contributed by atoms with van der Waals surface area (Å²) in [6.07, 6.45) is 1.34. The van der Waals surface area contributed by atoms with Gasteiger partial charge in [0.2, 0.25) is 5.58 Å². The molecule has 0 fully saturated rings. The van der Waals surface area contributed by atoms with E-state index < -0.39 is 11.2 Å². The van der Waals surface area contributed by atoms with Crippen molar-refractivity contribution in [1.29, 1.82) is 0 Å². The summed E-state index contributed by atoms with van der Waals surface area (Å²) in [7, 11) is 0. The van der Waals surface area contributed by atoms with Gasteiger partial charge in [0.15, 0.2) is 0 Å². The molecular weight excluding hydrogens is 228 g/mol. The summed E-state index contributed by atoms with van der Waals surface area (Å²) < 4.78 is 5.43. The summed E-state index contributed by atoms with van der Waals surface area (Å²) in [4.78, 5) is 26.3. The second kappa shape index (κ2) is 2.34. The lowest BCUT2D eigenvalue weighted by Gasteiger charge is -1.85. The molecule has 0 bridgehead atoms. The van der Waals surface area contributed by atoms with Crippen LogP contribution in [-0.4, -0.2) is 9.97 Å². The number of aromatic amines is 2. The van der Waals surface area contributed by atoms with E-state index in [-0.39, 0.29) is 5.58 Å². The molecule has 0 unspecified atom stereocenters. The maximum atomic E-state index is 11.0. The van der Waals surface area contributed by atoms with Gasteiger partial charge in [-0.2, -0.15) is 0 Å². The van der Waals surface area contributed by atoms with Crippen LogP contribution in [0.4, 0.5) is 0 Å². The molecule has 0 spiro atoms. The first-order valence-electron chi connectivity index (χ1n) is 3.08. The van der Waals surface area contributed by atoms with E-state index in [1.165, 1.54) is 6.26 Å². The van der Waals surface area contributed by atoms with Gasteiger partial charge in [-0.05, 0) is 15.9 Å². The van der Waals surface area contributed by atoms with Gasteiger partial charge in [0, 0.05) is 0 Å². The monoisotopic (exact) mass is 230 g/mol. The van der Waals surface area contributed by atoms with E-state index in [1.807, 2.05) is 4.98 Å². The molecule has 2 heterocycles. The number of hydrogen-bond acceptors (Lipinski definition) is 3. The molecule has 0 amide bonds. The first-order chi connectivity index (χ1) is 5.68. The normalized spacial score (nSPS) is 10.8. The van der Waals surface area contributed by atoms with Crippen molar-refractivity contribution in [3.8, 4) is 0 Å². The van der Waals surface area contributed by atoms with Gasteiger partial charge in [-0.25, -0.2) is 4.79 Å². The lowest BCUT2D eigenvalue weighted by atomic mass is 10.5. The zero-order valence-corrected chi connectivity index (χ0v) is 7.27. The Bertz CT molecular complexity index is 535. The van der Waals surface area contributed by atoms with Crippen molar-refractivity contribution in [2.75, 3.05) is 0 Å². The highest BCUT2D eigenvalue weighted by molar-refractivity contribution is 9.10. The number of rotatable bonds is 0. The lowest BCUT2D eigenvalue weighted by molar-refractivity contribution is 0.607. The highest BCUT2D eigenvalue weighted by Crippen LogP contribution is 2.19. The number of H-pyrrole nitrogens is 2. The third-order valence-electron chi connectivity index (χ3n) is 1.42. The minimum atomic E-state index is -0.547. The van der Waals surface area contributed by atoms with E-state index in [1.54, 1.807) is 0 Å². The molecule has 2 rings (SSSR count). The molecule has 5 nitrogen and oxygen atoms in total. The van der Waals surface area contributed by atoms with Crippen molar-refractivity contribution in [1.82, 2.24) is 9.97 Å². The van der Waals surface area contributed by atoms with Gasteiger partial charge in [0.1, 0.15) is 11.8 Å². The number of halogens is 1. The van der Waals surface area contributed by atoms with Crippen LogP contribution < -0.4 is 11.2 Å². The zero-order valence-electron chi connectivity index (χ0n) is 5.68. The first kappa shape index (κ1) is 7.35. The Balaban J connectivity index is 3.13. The number of hydrogen-bond donors (Lipinski definition) is 2. The topological polar surface area (TPSA) is 78.9 Å². The molecule has 2 aromatic heterocycles.